The molecule has 1 aliphatic rings. The number of nitrogens with zero attached hydrogens (tertiary/aromatic N) is 1. The Kier molecular flexibility index (Phi) is 6.40. The van der Waals surface area contributed by atoms with E-state index in [2.05, 4.69) is 10.3 Å². The molecule has 1 aromatic carbocycles. The van der Waals surface area contributed by atoms with Crippen LogP contribution in [0.2, 0.25) is 0 Å². The summed E-state index contributed by atoms with van der Waals surface area (Å²) in [6.45, 7) is 0.820. The number of anilines is 1. The van der Waals surface area contributed by atoms with Crippen molar-refractivity contribution in [3.63, 3.8) is 0 Å². The van der Waals surface area contributed by atoms with E-state index < -0.39 is 0 Å². The molecule has 0 saturated heterocycles. The van der Waals surface area contributed by atoms with E-state index in [1.807, 2.05) is 24.3 Å². The molecule has 0 atom stereocenters. The quantitative estimate of drug-likeness (QED) is 0.626. The van der Waals surface area contributed by atoms with Gasteiger partial charge in [0, 0.05) is 18.7 Å². The Morgan fingerprint density at radius 2 is 2.14 bits per heavy atom. The molecule has 0 unspecified atom stereocenters. The Balaban J connectivity index is 1.93. The number of amidine groups is 1. The molecule has 5 nitrogen and oxygen atoms in total. The average molecular weight is 303 g/mol. The first kappa shape index (κ1) is 16.5. The van der Waals surface area contributed by atoms with Crippen molar-refractivity contribution in [2.75, 3.05) is 19.0 Å². The van der Waals surface area contributed by atoms with Crippen molar-refractivity contribution in [1.82, 2.24) is 0 Å². The summed E-state index contributed by atoms with van der Waals surface area (Å²) in [6, 6.07) is 7.75. The van der Waals surface area contributed by atoms with Crippen LogP contribution in [-0.2, 0) is 16.1 Å². The lowest BCUT2D eigenvalue weighted by Crippen LogP contribution is -2.24. The van der Waals surface area contributed by atoms with E-state index in [-0.39, 0.29) is 11.8 Å². The van der Waals surface area contributed by atoms with Crippen molar-refractivity contribution >= 4 is 17.4 Å². The van der Waals surface area contributed by atoms with Crippen LogP contribution in [0, 0.1) is 5.92 Å². The van der Waals surface area contributed by atoms with E-state index >= 15 is 0 Å². The zero-order valence-corrected chi connectivity index (χ0v) is 13.2. The van der Waals surface area contributed by atoms with Crippen LogP contribution >= 0.6 is 0 Å². The molecule has 0 radical (unpaired) electrons. The number of carbonyl (C=O) groups excluding carboxylic acids is 1. The number of benzene rings is 1. The van der Waals surface area contributed by atoms with Gasteiger partial charge in [0.05, 0.1) is 6.54 Å². The highest BCUT2D eigenvalue weighted by Gasteiger charge is 2.20. The second-order valence-electron chi connectivity index (χ2n) is 5.77. The van der Waals surface area contributed by atoms with Gasteiger partial charge in [0.15, 0.2) is 0 Å². The number of hydrogen-bond donors (Lipinski definition) is 2. The van der Waals surface area contributed by atoms with Gasteiger partial charge < -0.3 is 15.8 Å². The molecule has 1 fully saturated rings. The molecule has 1 aromatic rings. The van der Waals surface area contributed by atoms with Crippen LogP contribution in [0.15, 0.2) is 29.3 Å². The molecule has 0 aromatic heterocycles. The molecule has 22 heavy (non-hydrogen) atoms. The topological polar surface area (TPSA) is 76.7 Å². The summed E-state index contributed by atoms with van der Waals surface area (Å²) < 4.78 is 4.92. The van der Waals surface area contributed by atoms with Gasteiger partial charge in [0.2, 0.25) is 5.91 Å². The van der Waals surface area contributed by atoms with Crippen molar-refractivity contribution in [2.24, 2.45) is 16.6 Å². The average Bonchev–Trinajstić information content (AvgIpc) is 2.54. The second-order valence-corrected chi connectivity index (χ2v) is 5.77. The largest absolute Gasteiger partial charge is 0.386 e. The summed E-state index contributed by atoms with van der Waals surface area (Å²) in [5.74, 6) is 0.770. The maximum absolute atomic E-state index is 12.3. The van der Waals surface area contributed by atoms with Gasteiger partial charge in [-0.25, -0.2) is 0 Å². The van der Waals surface area contributed by atoms with Gasteiger partial charge in [0.1, 0.15) is 12.4 Å². The summed E-state index contributed by atoms with van der Waals surface area (Å²) in [5, 5.41) is 3.02. The highest BCUT2D eigenvalue weighted by molar-refractivity contribution is 5.92. The maximum Gasteiger partial charge on any atom is 0.227 e. The molecular formula is C17H25N3O2. The van der Waals surface area contributed by atoms with E-state index in [1.165, 1.54) is 6.42 Å². The molecule has 0 heterocycles. The lowest BCUT2D eigenvalue weighted by atomic mass is 9.88. The van der Waals surface area contributed by atoms with Crippen LogP contribution in [-0.4, -0.2) is 25.5 Å². The number of nitrogens with two attached hydrogens (primary N) is 1. The molecule has 5 heteroatoms. The van der Waals surface area contributed by atoms with E-state index in [9.17, 15) is 4.79 Å². The maximum atomic E-state index is 12.3. The third-order valence-electron chi connectivity index (χ3n) is 3.93. The van der Waals surface area contributed by atoms with Crippen LogP contribution in [0.5, 0.6) is 0 Å². The summed E-state index contributed by atoms with van der Waals surface area (Å²) in [5.41, 5.74) is 7.55. The third-order valence-corrected chi connectivity index (χ3v) is 3.93. The lowest BCUT2D eigenvalue weighted by Gasteiger charge is -2.20. The SMILES string of the molecule is COCC(N)=NCc1cccc(NC(=O)C2CCCCC2)c1. The number of carbonyl (C=O) groups is 1. The van der Waals surface area contributed by atoms with Crippen LogP contribution in [0.3, 0.4) is 0 Å². The Morgan fingerprint density at radius 3 is 2.86 bits per heavy atom. The number of rotatable bonds is 6. The Morgan fingerprint density at radius 1 is 1.36 bits per heavy atom. The predicted octanol–water partition coefficient (Wildman–Crippen LogP) is 2.71. The van der Waals surface area contributed by atoms with E-state index in [1.54, 1.807) is 7.11 Å². The van der Waals surface area contributed by atoms with Gasteiger partial charge in [-0.1, -0.05) is 31.4 Å². The fourth-order valence-electron chi connectivity index (χ4n) is 2.74. The molecular weight excluding hydrogens is 278 g/mol. The highest BCUT2D eigenvalue weighted by Crippen LogP contribution is 2.25. The lowest BCUT2D eigenvalue weighted by molar-refractivity contribution is -0.120. The minimum atomic E-state index is 0.138. The van der Waals surface area contributed by atoms with Gasteiger partial charge in [-0.2, -0.15) is 0 Å². The molecule has 3 N–H and O–H groups in total. The van der Waals surface area contributed by atoms with Gasteiger partial charge in [0.25, 0.3) is 0 Å². The predicted molar refractivity (Wildman–Crippen MR) is 88.8 cm³/mol. The fraction of sp³-hybridized carbons (Fsp3) is 0.529. The van der Waals surface area contributed by atoms with Gasteiger partial charge in [-0.3, -0.25) is 9.79 Å². The van der Waals surface area contributed by atoms with Crippen molar-refractivity contribution in [1.29, 1.82) is 0 Å². The minimum absolute atomic E-state index is 0.138. The second kappa shape index (κ2) is 8.54. The number of amides is 1. The smallest absolute Gasteiger partial charge is 0.227 e. The Hall–Kier alpha value is -1.88. The Labute approximate surface area is 132 Å². The first-order valence-corrected chi connectivity index (χ1v) is 7.86. The highest BCUT2D eigenvalue weighted by atomic mass is 16.5. The van der Waals surface area contributed by atoms with Crippen LogP contribution in [0.25, 0.3) is 0 Å². The number of nitrogens with one attached hydrogen (secondary N) is 1. The zero-order valence-electron chi connectivity index (χ0n) is 13.2. The normalized spacial score (nSPS) is 16.5. The summed E-state index contributed by atoms with van der Waals surface area (Å²) in [7, 11) is 1.59. The van der Waals surface area contributed by atoms with Gasteiger partial charge in [-0.05, 0) is 30.5 Å². The monoisotopic (exact) mass is 303 g/mol. The molecule has 2 rings (SSSR count). The molecule has 1 aliphatic carbocycles. The van der Waals surface area contributed by atoms with Crippen molar-refractivity contribution in [3.8, 4) is 0 Å². The van der Waals surface area contributed by atoms with Gasteiger partial charge in [-0.15, -0.1) is 0 Å². The summed E-state index contributed by atoms with van der Waals surface area (Å²) in [6.07, 6.45) is 5.57. The fourth-order valence-corrected chi connectivity index (χ4v) is 2.74. The molecule has 1 saturated carbocycles. The van der Waals surface area contributed by atoms with Crippen LogP contribution < -0.4 is 11.1 Å². The zero-order chi connectivity index (χ0) is 15.8. The number of ether oxygens (including phenoxy) is 1. The van der Waals surface area contributed by atoms with Crippen molar-refractivity contribution < 1.29 is 9.53 Å². The molecule has 0 spiro atoms. The number of hydrogen-bond acceptors (Lipinski definition) is 3. The number of methoxy groups -OCH3 is 1. The third kappa shape index (κ3) is 5.15. The van der Waals surface area contributed by atoms with Crippen LogP contribution in [0.4, 0.5) is 5.69 Å². The van der Waals surface area contributed by atoms with Crippen molar-refractivity contribution in [3.05, 3.63) is 29.8 Å². The first-order valence-electron chi connectivity index (χ1n) is 7.86. The first-order chi connectivity index (χ1) is 10.7. The van der Waals surface area contributed by atoms with E-state index in [0.717, 1.165) is 36.9 Å². The minimum Gasteiger partial charge on any atom is -0.386 e. The molecule has 0 bridgehead atoms. The number of aliphatic imine (C=N–C) groups is 1. The molecule has 0 aliphatic heterocycles. The van der Waals surface area contributed by atoms with E-state index in [0.29, 0.717) is 19.0 Å². The molecule has 120 valence electrons. The van der Waals surface area contributed by atoms with Crippen molar-refractivity contribution in [2.45, 2.75) is 38.6 Å². The summed E-state index contributed by atoms with van der Waals surface area (Å²) in [4.78, 5) is 16.5. The Bertz CT molecular complexity index is 522. The van der Waals surface area contributed by atoms with E-state index in [4.69, 9.17) is 10.5 Å². The molecule has 1 amide bonds. The van der Waals surface area contributed by atoms with Gasteiger partial charge >= 0.3 is 0 Å². The van der Waals surface area contributed by atoms with Crippen LogP contribution in [0.1, 0.15) is 37.7 Å². The standard InChI is InChI=1S/C17H25N3O2/c1-22-12-16(18)19-11-13-6-5-9-15(10-13)20-17(21)14-7-3-2-4-8-14/h5-6,9-10,14H,2-4,7-8,11-12H2,1H3,(H2,18,19)(H,20,21). The summed E-state index contributed by atoms with van der Waals surface area (Å²) >= 11 is 0.